The highest BCUT2D eigenvalue weighted by Crippen LogP contribution is 2.26. The number of para-hydroxylation sites is 1. The maximum atomic E-state index is 12.9. The van der Waals surface area contributed by atoms with Crippen LogP contribution >= 0.6 is 15.9 Å². The summed E-state index contributed by atoms with van der Waals surface area (Å²) in [7, 11) is 0. The molecule has 146 valence electrons. The number of aryl methyl sites for hydroxylation is 2. The molecule has 1 heterocycles. The smallest absolute Gasteiger partial charge is 0.251 e. The Bertz CT molecular complexity index is 1180. The molecule has 3 nitrogen and oxygen atoms in total. The zero-order valence-corrected chi connectivity index (χ0v) is 18.1. The molecule has 0 radical (unpaired) electrons. The van der Waals surface area contributed by atoms with E-state index in [0.717, 1.165) is 22.0 Å². The van der Waals surface area contributed by atoms with E-state index < -0.39 is 0 Å². The molecule has 1 aromatic heterocycles. The van der Waals surface area contributed by atoms with E-state index >= 15 is 0 Å². The first kappa shape index (κ1) is 19.5. The SMILES string of the molecule is Cc1[nH]c2c(C)cccc2c1CCNC(=O)c1ccccc1-c1ccc(Br)cc1. The molecule has 0 spiro atoms. The third-order valence-electron chi connectivity index (χ3n) is 5.35. The molecule has 0 atom stereocenters. The number of benzene rings is 3. The highest BCUT2D eigenvalue weighted by atomic mass is 79.9. The first-order valence-corrected chi connectivity index (χ1v) is 10.5. The summed E-state index contributed by atoms with van der Waals surface area (Å²) in [4.78, 5) is 16.4. The van der Waals surface area contributed by atoms with Crippen LogP contribution in [0.1, 0.15) is 27.2 Å². The first-order chi connectivity index (χ1) is 14.0. The van der Waals surface area contributed by atoms with Crippen LogP contribution in [0.15, 0.2) is 71.2 Å². The predicted molar refractivity (Wildman–Crippen MR) is 123 cm³/mol. The van der Waals surface area contributed by atoms with E-state index in [-0.39, 0.29) is 5.91 Å². The van der Waals surface area contributed by atoms with Crippen LogP contribution in [0, 0.1) is 13.8 Å². The van der Waals surface area contributed by atoms with Crippen molar-refractivity contribution in [1.82, 2.24) is 10.3 Å². The van der Waals surface area contributed by atoms with Crippen LogP contribution in [0.3, 0.4) is 0 Å². The summed E-state index contributed by atoms with van der Waals surface area (Å²) in [6, 6.07) is 22.1. The molecule has 3 aromatic carbocycles. The van der Waals surface area contributed by atoms with Gasteiger partial charge < -0.3 is 10.3 Å². The number of carbonyl (C=O) groups is 1. The van der Waals surface area contributed by atoms with Crippen molar-refractivity contribution in [3.05, 3.63) is 93.6 Å². The minimum atomic E-state index is -0.0443. The Balaban J connectivity index is 1.51. The largest absolute Gasteiger partial charge is 0.358 e. The monoisotopic (exact) mass is 446 g/mol. The minimum Gasteiger partial charge on any atom is -0.358 e. The Morgan fingerprint density at radius 1 is 0.966 bits per heavy atom. The quantitative estimate of drug-likeness (QED) is 0.377. The molecular formula is C25H23BrN2O. The third-order valence-corrected chi connectivity index (χ3v) is 5.88. The number of H-pyrrole nitrogens is 1. The average Bonchev–Trinajstić information content (AvgIpc) is 3.05. The molecule has 1 amide bonds. The molecule has 0 saturated heterocycles. The number of fused-ring (bicyclic) bond motifs is 1. The molecule has 4 aromatic rings. The van der Waals surface area contributed by atoms with Gasteiger partial charge in [0.25, 0.3) is 5.91 Å². The lowest BCUT2D eigenvalue weighted by Gasteiger charge is -2.11. The van der Waals surface area contributed by atoms with Gasteiger partial charge in [-0.3, -0.25) is 4.79 Å². The lowest BCUT2D eigenvalue weighted by molar-refractivity contribution is 0.0955. The highest BCUT2D eigenvalue weighted by molar-refractivity contribution is 9.10. The van der Waals surface area contributed by atoms with Gasteiger partial charge in [0.2, 0.25) is 0 Å². The van der Waals surface area contributed by atoms with Crippen LogP contribution in [-0.4, -0.2) is 17.4 Å². The number of rotatable bonds is 5. The van der Waals surface area contributed by atoms with Gasteiger partial charge in [0.15, 0.2) is 0 Å². The average molecular weight is 447 g/mol. The Morgan fingerprint density at radius 3 is 2.52 bits per heavy atom. The van der Waals surface area contributed by atoms with Gasteiger partial charge in [-0.25, -0.2) is 0 Å². The number of carbonyl (C=O) groups excluding carboxylic acids is 1. The number of hydrogen-bond acceptors (Lipinski definition) is 1. The van der Waals surface area contributed by atoms with Crippen LogP contribution in [0.5, 0.6) is 0 Å². The molecule has 0 aliphatic heterocycles. The maximum Gasteiger partial charge on any atom is 0.251 e. The number of nitrogens with one attached hydrogen (secondary N) is 2. The standard InChI is InChI=1S/C25H23BrN2O/c1-16-6-5-9-22-20(17(2)28-24(16)22)14-15-27-25(29)23-8-4-3-7-21(23)18-10-12-19(26)13-11-18/h3-13,28H,14-15H2,1-2H3,(H,27,29). The molecule has 4 rings (SSSR count). The van der Waals surface area contributed by atoms with Gasteiger partial charge in [0.1, 0.15) is 0 Å². The highest BCUT2D eigenvalue weighted by Gasteiger charge is 2.14. The van der Waals surface area contributed by atoms with Gasteiger partial charge in [-0.2, -0.15) is 0 Å². The molecule has 0 aliphatic carbocycles. The second-order valence-electron chi connectivity index (χ2n) is 7.28. The molecule has 0 unspecified atom stereocenters. The Kier molecular flexibility index (Phi) is 5.54. The van der Waals surface area contributed by atoms with Crippen molar-refractivity contribution in [3.63, 3.8) is 0 Å². The van der Waals surface area contributed by atoms with E-state index in [0.29, 0.717) is 12.1 Å². The number of amides is 1. The topological polar surface area (TPSA) is 44.9 Å². The van der Waals surface area contributed by atoms with Crippen LogP contribution in [-0.2, 0) is 6.42 Å². The van der Waals surface area contributed by atoms with Gasteiger partial charge in [0.05, 0.1) is 0 Å². The number of hydrogen-bond donors (Lipinski definition) is 2. The molecule has 0 saturated carbocycles. The van der Waals surface area contributed by atoms with E-state index in [1.54, 1.807) is 0 Å². The number of aromatic nitrogens is 1. The maximum absolute atomic E-state index is 12.9. The molecule has 0 aliphatic rings. The Labute approximate surface area is 179 Å². The second-order valence-corrected chi connectivity index (χ2v) is 8.20. The molecule has 0 bridgehead atoms. The van der Waals surface area contributed by atoms with Crippen molar-refractivity contribution < 1.29 is 4.79 Å². The van der Waals surface area contributed by atoms with Crippen LogP contribution < -0.4 is 5.32 Å². The fourth-order valence-electron chi connectivity index (χ4n) is 3.83. The van der Waals surface area contributed by atoms with E-state index in [1.165, 1.54) is 27.7 Å². The van der Waals surface area contributed by atoms with Gasteiger partial charge in [-0.05, 0) is 60.7 Å². The van der Waals surface area contributed by atoms with Crippen molar-refractivity contribution in [2.45, 2.75) is 20.3 Å². The first-order valence-electron chi connectivity index (χ1n) is 9.74. The number of halogens is 1. The van der Waals surface area contributed by atoms with Crippen LogP contribution in [0.2, 0.25) is 0 Å². The zero-order valence-electron chi connectivity index (χ0n) is 16.6. The van der Waals surface area contributed by atoms with Crippen LogP contribution in [0.4, 0.5) is 0 Å². The fraction of sp³-hybridized carbons (Fsp3) is 0.160. The van der Waals surface area contributed by atoms with Crippen molar-refractivity contribution in [2.24, 2.45) is 0 Å². The van der Waals surface area contributed by atoms with Gasteiger partial charge in [0, 0.05) is 33.2 Å². The summed E-state index contributed by atoms with van der Waals surface area (Å²) in [5, 5.41) is 4.35. The summed E-state index contributed by atoms with van der Waals surface area (Å²) in [6.45, 7) is 4.80. The number of aromatic amines is 1. The van der Waals surface area contributed by atoms with Crippen molar-refractivity contribution in [1.29, 1.82) is 0 Å². The van der Waals surface area contributed by atoms with E-state index in [1.807, 2.05) is 48.5 Å². The van der Waals surface area contributed by atoms with Gasteiger partial charge in [-0.15, -0.1) is 0 Å². The molecule has 0 fully saturated rings. The lowest BCUT2D eigenvalue weighted by atomic mass is 9.99. The van der Waals surface area contributed by atoms with E-state index in [4.69, 9.17) is 0 Å². The Morgan fingerprint density at radius 2 is 1.72 bits per heavy atom. The minimum absolute atomic E-state index is 0.0443. The third kappa shape index (κ3) is 3.99. The summed E-state index contributed by atoms with van der Waals surface area (Å²) >= 11 is 3.46. The molecule has 4 heteroatoms. The Hall–Kier alpha value is -2.85. The van der Waals surface area contributed by atoms with Gasteiger partial charge >= 0.3 is 0 Å². The van der Waals surface area contributed by atoms with E-state index in [9.17, 15) is 4.79 Å². The predicted octanol–water partition coefficient (Wildman–Crippen LogP) is 6.19. The van der Waals surface area contributed by atoms with Gasteiger partial charge in [-0.1, -0.05) is 64.5 Å². The summed E-state index contributed by atoms with van der Waals surface area (Å²) in [6.07, 6.45) is 0.793. The van der Waals surface area contributed by atoms with Crippen LogP contribution in [0.25, 0.3) is 22.0 Å². The normalized spacial score (nSPS) is 11.0. The lowest BCUT2D eigenvalue weighted by Crippen LogP contribution is -2.26. The summed E-state index contributed by atoms with van der Waals surface area (Å²) in [5.74, 6) is -0.0443. The fourth-order valence-corrected chi connectivity index (χ4v) is 4.10. The molecule has 2 N–H and O–H groups in total. The zero-order chi connectivity index (χ0) is 20.4. The van der Waals surface area contributed by atoms with Crippen molar-refractivity contribution in [3.8, 4) is 11.1 Å². The molecule has 29 heavy (non-hydrogen) atoms. The molecular weight excluding hydrogens is 424 g/mol. The summed E-state index contributed by atoms with van der Waals surface area (Å²) < 4.78 is 1.02. The van der Waals surface area contributed by atoms with Crippen molar-refractivity contribution >= 4 is 32.7 Å². The van der Waals surface area contributed by atoms with Crippen molar-refractivity contribution in [2.75, 3.05) is 6.54 Å². The summed E-state index contributed by atoms with van der Waals surface area (Å²) in [5.41, 5.74) is 7.53. The second kappa shape index (κ2) is 8.26. The van der Waals surface area contributed by atoms with E-state index in [2.05, 4.69) is 58.3 Å².